The molecule has 0 amide bonds. The topological polar surface area (TPSA) is 52.6 Å². The van der Waals surface area contributed by atoms with Crippen LogP contribution in [0.25, 0.3) is 0 Å². The van der Waals surface area contributed by atoms with Crippen LogP contribution in [-0.2, 0) is 25.5 Å². The summed E-state index contributed by atoms with van der Waals surface area (Å²) in [6, 6.07) is 9.51. The molecule has 0 aliphatic rings. The van der Waals surface area contributed by atoms with Crippen LogP contribution < -0.4 is 0 Å². The van der Waals surface area contributed by atoms with Gasteiger partial charge in [-0.25, -0.2) is 8.78 Å². The maximum Gasteiger partial charge on any atom is 0.317 e. The van der Waals surface area contributed by atoms with Crippen molar-refractivity contribution in [2.45, 2.75) is 25.7 Å². The van der Waals surface area contributed by atoms with Crippen LogP contribution in [-0.4, -0.2) is 26.2 Å². The van der Waals surface area contributed by atoms with Crippen molar-refractivity contribution < 1.29 is 27.8 Å². The predicted octanol–water partition coefficient (Wildman–Crippen LogP) is 5.59. The summed E-state index contributed by atoms with van der Waals surface area (Å²) in [6.07, 6.45) is 1.73. The molecule has 0 radical (unpaired) electrons. The Hall–Kier alpha value is -2.24. The highest BCUT2D eigenvalue weighted by molar-refractivity contribution is 9.10. The van der Waals surface area contributed by atoms with Crippen LogP contribution in [0.15, 0.2) is 45.3 Å². The minimum atomic E-state index is -0.403. The summed E-state index contributed by atoms with van der Waals surface area (Å²) in [4.78, 5) is 21.5. The molecule has 0 aliphatic carbocycles. The number of hydrogen-bond donors (Lipinski definition) is 0. The van der Waals surface area contributed by atoms with Crippen LogP contribution in [0.4, 0.5) is 8.78 Å². The number of esters is 2. The van der Waals surface area contributed by atoms with E-state index in [0.717, 1.165) is 5.56 Å². The lowest BCUT2D eigenvalue weighted by Gasteiger charge is -2.02. The van der Waals surface area contributed by atoms with Crippen molar-refractivity contribution >= 4 is 43.8 Å². The molecule has 0 atom stereocenters. The lowest BCUT2D eigenvalue weighted by atomic mass is 10.1. The van der Waals surface area contributed by atoms with E-state index >= 15 is 0 Å². The van der Waals surface area contributed by atoms with Gasteiger partial charge in [0.1, 0.15) is 18.1 Å². The summed E-state index contributed by atoms with van der Waals surface area (Å²) in [6.45, 7) is 0. The van der Waals surface area contributed by atoms with Gasteiger partial charge in [0.25, 0.3) is 0 Å². The summed E-state index contributed by atoms with van der Waals surface area (Å²) in [5.74, 6) is 3.98. The van der Waals surface area contributed by atoms with Gasteiger partial charge in [-0.05, 0) is 80.6 Å². The molecule has 0 N–H and O–H groups in total. The number of halogens is 4. The lowest BCUT2D eigenvalue weighted by molar-refractivity contribution is -0.141. The fraction of sp³-hybridized carbons (Fsp3) is 0.273. The van der Waals surface area contributed by atoms with Gasteiger partial charge in [0.15, 0.2) is 0 Å². The first kappa shape index (κ1) is 25.8. The highest BCUT2D eigenvalue weighted by Crippen LogP contribution is 2.17. The summed E-state index contributed by atoms with van der Waals surface area (Å²) < 4.78 is 35.9. The molecule has 0 heterocycles. The number of ether oxygens (including phenoxy) is 2. The Labute approximate surface area is 191 Å². The molecule has 2 aromatic carbocycles. The van der Waals surface area contributed by atoms with Gasteiger partial charge in [-0.15, -0.1) is 0 Å². The molecular weight excluding hydrogens is 526 g/mol. The van der Waals surface area contributed by atoms with Crippen molar-refractivity contribution in [2.75, 3.05) is 14.2 Å². The van der Waals surface area contributed by atoms with E-state index in [9.17, 15) is 18.4 Å². The molecule has 0 bridgehead atoms. The van der Waals surface area contributed by atoms with E-state index in [1.807, 2.05) is 6.07 Å². The highest BCUT2D eigenvalue weighted by atomic mass is 79.9. The minimum Gasteiger partial charge on any atom is -0.469 e. The van der Waals surface area contributed by atoms with Crippen LogP contribution in [0, 0.1) is 23.5 Å². The Kier molecular flexibility index (Phi) is 11.9. The predicted molar refractivity (Wildman–Crippen MR) is 117 cm³/mol. The average molecular weight is 546 g/mol. The van der Waals surface area contributed by atoms with Gasteiger partial charge in [-0.1, -0.05) is 17.9 Å². The number of carbonyl (C=O) groups excluding carboxylic acids is 2. The van der Waals surface area contributed by atoms with Crippen molar-refractivity contribution in [2.24, 2.45) is 0 Å². The first-order chi connectivity index (χ1) is 14.3. The average Bonchev–Trinajstić information content (AvgIpc) is 2.73. The molecule has 30 heavy (non-hydrogen) atoms. The SMILES string of the molecule is COC(=O)CC#Cc1ccc(Br)c(F)c1.COC(=O)CCCc1ccc(Br)c(F)c1. The molecular formula is C22H20Br2F2O4. The van der Waals surface area contributed by atoms with Gasteiger partial charge >= 0.3 is 11.9 Å². The van der Waals surface area contributed by atoms with E-state index < -0.39 is 5.97 Å². The summed E-state index contributed by atoms with van der Waals surface area (Å²) in [5.41, 5.74) is 1.42. The van der Waals surface area contributed by atoms with Gasteiger partial charge in [-0.2, -0.15) is 0 Å². The second kappa shape index (κ2) is 13.9. The van der Waals surface area contributed by atoms with Crippen LogP contribution >= 0.6 is 31.9 Å². The first-order valence-electron chi connectivity index (χ1n) is 8.78. The fourth-order valence-electron chi connectivity index (χ4n) is 2.10. The van der Waals surface area contributed by atoms with Crippen LogP contribution in [0.3, 0.4) is 0 Å². The maximum atomic E-state index is 13.1. The summed E-state index contributed by atoms with van der Waals surface area (Å²) in [7, 11) is 2.66. The minimum absolute atomic E-state index is 0.00812. The third-order valence-corrected chi connectivity index (χ3v) is 4.96. The molecule has 0 saturated carbocycles. The van der Waals surface area contributed by atoms with Gasteiger partial charge in [0.2, 0.25) is 0 Å². The second-order valence-electron chi connectivity index (χ2n) is 5.86. The van der Waals surface area contributed by atoms with Gasteiger partial charge in [0.05, 0.1) is 23.2 Å². The van der Waals surface area contributed by atoms with Gasteiger partial charge in [-0.3, -0.25) is 9.59 Å². The number of methoxy groups -OCH3 is 2. The normalized spacial score (nSPS) is 9.53. The van der Waals surface area contributed by atoms with Crippen LogP contribution in [0.2, 0.25) is 0 Å². The van der Waals surface area contributed by atoms with Crippen LogP contribution in [0.5, 0.6) is 0 Å². The lowest BCUT2D eigenvalue weighted by Crippen LogP contribution is -2.00. The zero-order chi connectivity index (χ0) is 22.5. The molecule has 2 aromatic rings. The molecule has 8 heteroatoms. The zero-order valence-electron chi connectivity index (χ0n) is 16.4. The van der Waals surface area contributed by atoms with E-state index in [4.69, 9.17) is 0 Å². The van der Waals surface area contributed by atoms with E-state index in [-0.39, 0.29) is 24.0 Å². The third-order valence-electron chi connectivity index (χ3n) is 3.67. The smallest absolute Gasteiger partial charge is 0.317 e. The number of rotatable bonds is 5. The van der Waals surface area contributed by atoms with Crippen molar-refractivity contribution in [1.82, 2.24) is 0 Å². The zero-order valence-corrected chi connectivity index (χ0v) is 19.6. The molecule has 4 nitrogen and oxygen atoms in total. The monoisotopic (exact) mass is 544 g/mol. The Bertz CT molecular complexity index is 936. The fourth-order valence-corrected chi connectivity index (χ4v) is 2.59. The molecule has 0 unspecified atom stereocenters. The standard InChI is InChI=1S/C11H12BrFO2.C11H8BrFO2/c2*1-15-11(14)4-2-3-8-5-6-9(12)10(13)7-8/h5-7H,2-4H2,1H3;5-7H,4H2,1H3. The summed E-state index contributed by atoms with van der Waals surface area (Å²) in [5, 5.41) is 0. The Morgan fingerprint density at radius 1 is 0.933 bits per heavy atom. The molecule has 0 spiro atoms. The van der Waals surface area contributed by atoms with Crippen molar-refractivity contribution in [3.8, 4) is 11.8 Å². The molecule has 0 aromatic heterocycles. The van der Waals surface area contributed by atoms with E-state index in [1.54, 1.807) is 18.2 Å². The number of benzene rings is 2. The highest BCUT2D eigenvalue weighted by Gasteiger charge is 2.03. The van der Waals surface area contributed by atoms with Crippen molar-refractivity contribution in [1.29, 1.82) is 0 Å². The summed E-state index contributed by atoms with van der Waals surface area (Å²) >= 11 is 6.12. The van der Waals surface area contributed by atoms with Crippen molar-refractivity contribution in [3.63, 3.8) is 0 Å². The third kappa shape index (κ3) is 9.99. The second-order valence-corrected chi connectivity index (χ2v) is 7.57. The van der Waals surface area contributed by atoms with Gasteiger partial charge in [0, 0.05) is 12.0 Å². The van der Waals surface area contributed by atoms with Crippen molar-refractivity contribution in [3.05, 3.63) is 68.1 Å². The van der Waals surface area contributed by atoms with E-state index in [1.165, 1.54) is 26.4 Å². The number of aryl methyl sites for hydroxylation is 1. The Morgan fingerprint density at radius 3 is 2.10 bits per heavy atom. The largest absolute Gasteiger partial charge is 0.469 e. The number of hydrogen-bond acceptors (Lipinski definition) is 4. The molecule has 160 valence electrons. The van der Waals surface area contributed by atoms with E-state index in [2.05, 4.69) is 53.2 Å². The Morgan fingerprint density at radius 2 is 1.53 bits per heavy atom. The van der Waals surface area contributed by atoms with Gasteiger partial charge < -0.3 is 9.47 Å². The Balaban J connectivity index is 0.000000300. The molecule has 0 aliphatic heterocycles. The molecule has 0 saturated heterocycles. The maximum absolute atomic E-state index is 13.1. The first-order valence-corrected chi connectivity index (χ1v) is 10.4. The quantitative estimate of drug-likeness (QED) is 0.363. The molecule has 0 fully saturated rings. The van der Waals surface area contributed by atoms with Crippen LogP contribution in [0.1, 0.15) is 30.4 Å². The number of carbonyl (C=O) groups is 2. The molecule has 2 rings (SSSR count). The van der Waals surface area contributed by atoms with E-state index in [0.29, 0.717) is 33.8 Å².